The molecule has 2 aliphatic rings. The molecule has 150 valence electrons. The van der Waals surface area contributed by atoms with E-state index in [-0.39, 0.29) is 18.4 Å². The Balaban J connectivity index is 1.22. The Labute approximate surface area is 179 Å². The zero-order chi connectivity index (χ0) is 20.9. The number of hydrogen-bond donors (Lipinski definition) is 1. The number of nitrogens with zero attached hydrogens (tertiary/aromatic N) is 2. The van der Waals surface area contributed by atoms with Crippen molar-refractivity contribution in [3.05, 3.63) is 89.0 Å². The first-order chi connectivity index (χ1) is 15.2. The summed E-state index contributed by atoms with van der Waals surface area (Å²) in [5, 5.41) is 8.54. The summed E-state index contributed by atoms with van der Waals surface area (Å²) < 4.78 is 0. The van der Waals surface area contributed by atoms with Crippen molar-refractivity contribution >= 4 is 45.3 Å². The smallest absolute Gasteiger partial charge is 0.260 e. The van der Waals surface area contributed by atoms with Gasteiger partial charge in [0, 0.05) is 16.5 Å². The van der Waals surface area contributed by atoms with Crippen LogP contribution in [0.1, 0.15) is 27.0 Å². The van der Waals surface area contributed by atoms with E-state index >= 15 is 0 Å². The molecule has 2 amide bonds. The molecule has 1 heterocycles. The first kappa shape index (κ1) is 17.8. The molecule has 0 unspecified atom stereocenters. The number of aryl methyl sites for hydroxylation is 2. The summed E-state index contributed by atoms with van der Waals surface area (Å²) in [4.78, 5) is 26.9. The van der Waals surface area contributed by atoms with Crippen LogP contribution >= 0.6 is 0 Å². The second kappa shape index (κ2) is 6.77. The molecule has 0 fully saturated rings. The fourth-order valence-corrected chi connectivity index (χ4v) is 4.87. The number of carbonyl (C=O) groups excluding carboxylic acids is 2. The lowest BCUT2D eigenvalue weighted by Crippen LogP contribution is -2.37. The molecule has 4 aromatic rings. The van der Waals surface area contributed by atoms with Crippen LogP contribution in [0.3, 0.4) is 0 Å². The maximum atomic E-state index is 12.8. The first-order valence-electron chi connectivity index (χ1n) is 10.4. The van der Waals surface area contributed by atoms with Gasteiger partial charge < -0.3 is 0 Å². The minimum absolute atomic E-state index is 0.0756. The largest absolute Gasteiger partial charge is 0.298 e. The van der Waals surface area contributed by atoms with Crippen molar-refractivity contribution in [3.63, 3.8) is 0 Å². The van der Waals surface area contributed by atoms with Gasteiger partial charge in [0.25, 0.3) is 11.8 Å². The van der Waals surface area contributed by atoms with E-state index in [1.54, 1.807) is 12.3 Å². The van der Waals surface area contributed by atoms with E-state index in [4.69, 9.17) is 0 Å². The Kier molecular flexibility index (Phi) is 3.90. The van der Waals surface area contributed by atoms with E-state index < -0.39 is 0 Å². The Morgan fingerprint density at radius 1 is 0.935 bits per heavy atom. The van der Waals surface area contributed by atoms with E-state index in [0.717, 1.165) is 40.3 Å². The Bertz CT molecular complexity index is 1420. The second-order valence-corrected chi connectivity index (χ2v) is 8.02. The third-order valence-electron chi connectivity index (χ3n) is 6.25. The van der Waals surface area contributed by atoms with E-state index in [1.165, 1.54) is 21.4 Å². The number of hydrogen-bond acceptors (Lipinski definition) is 3. The van der Waals surface area contributed by atoms with Crippen molar-refractivity contribution in [1.29, 1.82) is 0 Å². The summed E-state index contributed by atoms with van der Waals surface area (Å²) in [5.74, 6) is -0.487. The standard InChI is InChI=1S/C26H19N3O2/c30-23(15-29-22-9-3-6-16-4-2-8-21(25(16)22)26(29)31)28-27-14-19-13-12-18-11-10-17-5-1-7-20(19)24(17)18/h1-9,12-14H,10-11,15H2,(H,28,30)/b27-14-. The molecule has 5 heteroatoms. The molecule has 0 radical (unpaired) electrons. The van der Waals surface area contributed by atoms with Crippen molar-refractivity contribution in [2.75, 3.05) is 11.4 Å². The van der Waals surface area contributed by atoms with Gasteiger partial charge in [-0.2, -0.15) is 5.10 Å². The Morgan fingerprint density at radius 2 is 1.71 bits per heavy atom. The number of hydrazone groups is 1. The molecule has 1 aliphatic heterocycles. The number of benzene rings is 4. The van der Waals surface area contributed by atoms with Gasteiger partial charge in [0.2, 0.25) is 0 Å². The third kappa shape index (κ3) is 2.74. The minimum Gasteiger partial charge on any atom is -0.298 e. The third-order valence-corrected chi connectivity index (χ3v) is 6.25. The second-order valence-electron chi connectivity index (χ2n) is 8.02. The predicted molar refractivity (Wildman–Crippen MR) is 123 cm³/mol. The van der Waals surface area contributed by atoms with Gasteiger partial charge in [-0.1, -0.05) is 54.6 Å². The Hall–Kier alpha value is -3.99. The molecular formula is C26H19N3O2. The van der Waals surface area contributed by atoms with Crippen LogP contribution in [0.2, 0.25) is 0 Å². The van der Waals surface area contributed by atoms with Gasteiger partial charge in [-0.3, -0.25) is 14.5 Å². The van der Waals surface area contributed by atoms with Crippen LogP contribution in [0.5, 0.6) is 0 Å². The van der Waals surface area contributed by atoms with Gasteiger partial charge in [0.1, 0.15) is 6.54 Å². The zero-order valence-corrected chi connectivity index (χ0v) is 16.8. The van der Waals surface area contributed by atoms with Crippen LogP contribution in [0.25, 0.3) is 21.5 Å². The summed E-state index contributed by atoms with van der Waals surface area (Å²) in [7, 11) is 0. The van der Waals surface area contributed by atoms with E-state index in [0.29, 0.717) is 5.56 Å². The fraction of sp³-hybridized carbons (Fsp3) is 0.115. The molecule has 4 aromatic carbocycles. The number of nitrogens with one attached hydrogen (secondary N) is 1. The molecule has 31 heavy (non-hydrogen) atoms. The predicted octanol–water partition coefficient (Wildman–Crippen LogP) is 4.20. The molecule has 1 N–H and O–H groups in total. The van der Waals surface area contributed by atoms with Crippen molar-refractivity contribution in [1.82, 2.24) is 5.43 Å². The van der Waals surface area contributed by atoms with Gasteiger partial charge in [0.15, 0.2) is 0 Å². The van der Waals surface area contributed by atoms with Crippen molar-refractivity contribution < 1.29 is 9.59 Å². The molecule has 0 aromatic heterocycles. The number of rotatable bonds is 4. The van der Waals surface area contributed by atoms with Crippen LogP contribution in [-0.4, -0.2) is 24.6 Å². The first-order valence-corrected chi connectivity index (χ1v) is 10.4. The van der Waals surface area contributed by atoms with Gasteiger partial charge in [-0.15, -0.1) is 0 Å². The van der Waals surface area contributed by atoms with Crippen LogP contribution in [0, 0.1) is 0 Å². The summed E-state index contributed by atoms with van der Waals surface area (Å²) in [6.07, 6.45) is 3.83. The number of carbonyl (C=O) groups is 2. The highest BCUT2D eigenvalue weighted by atomic mass is 16.2. The molecule has 0 spiro atoms. The number of amides is 2. The van der Waals surface area contributed by atoms with Crippen molar-refractivity contribution in [3.8, 4) is 0 Å². The van der Waals surface area contributed by atoms with E-state index in [9.17, 15) is 9.59 Å². The molecule has 0 bridgehead atoms. The maximum Gasteiger partial charge on any atom is 0.260 e. The zero-order valence-electron chi connectivity index (χ0n) is 16.8. The van der Waals surface area contributed by atoms with Gasteiger partial charge in [-0.05, 0) is 52.3 Å². The van der Waals surface area contributed by atoms with Crippen LogP contribution in [0.4, 0.5) is 5.69 Å². The van der Waals surface area contributed by atoms with E-state index in [2.05, 4.69) is 34.8 Å². The highest BCUT2D eigenvalue weighted by molar-refractivity contribution is 6.26. The quantitative estimate of drug-likeness (QED) is 0.409. The highest BCUT2D eigenvalue weighted by Crippen LogP contribution is 2.37. The van der Waals surface area contributed by atoms with Crippen LogP contribution in [0.15, 0.2) is 71.8 Å². The highest BCUT2D eigenvalue weighted by Gasteiger charge is 2.30. The number of anilines is 1. The summed E-state index contributed by atoms with van der Waals surface area (Å²) in [6, 6.07) is 21.9. The molecule has 6 rings (SSSR count). The topological polar surface area (TPSA) is 61.8 Å². The fourth-order valence-electron chi connectivity index (χ4n) is 4.87. The van der Waals surface area contributed by atoms with Crippen LogP contribution in [-0.2, 0) is 17.6 Å². The lowest BCUT2D eigenvalue weighted by molar-refractivity contribution is -0.119. The summed E-state index contributed by atoms with van der Waals surface area (Å²) >= 11 is 0. The van der Waals surface area contributed by atoms with Crippen LogP contribution < -0.4 is 10.3 Å². The van der Waals surface area contributed by atoms with Gasteiger partial charge in [0.05, 0.1) is 11.9 Å². The SMILES string of the molecule is O=C(CN1C(=O)c2cccc3cccc1c23)N/N=C\c1ccc2c3c(cccc13)CC2. The summed E-state index contributed by atoms with van der Waals surface area (Å²) in [6.45, 7) is -0.0756. The van der Waals surface area contributed by atoms with Crippen molar-refractivity contribution in [2.24, 2.45) is 5.10 Å². The van der Waals surface area contributed by atoms with Gasteiger partial charge >= 0.3 is 0 Å². The molecule has 5 nitrogen and oxygen atoms in total. The maximum absolute atomic E-state index is 12.8. The molecule has 0 atom stereocenters. The molecule has 0 saturated carbocycles. The van der Waals surface area contributed by atoms with Crippen molar-refractivity contribution in [2.45, 2.75) is 12.8 Å². The average molecular weight is 405 g/mol. The molecular weight excluding hydrogens is 386 g/mol. The molecule has 1 aliphatic carbocycles. The average Bonchev–Trinajstić information content (AvgIpc) is 3.33. The lowest BCUT2D eigenvalue weighted by atomic mass is 10.0. The summed E-state index contributed by atoms with van der Waals surface area (Å²) in [5.41, 5.74) is 7.70. The van der Waals surface area contributed by atoms with E-state index in [1.807, 2.05) is 36.4 Å². The molecule has 0 saturated heterocycles. The lowest BCUT2D eigenvalue weighted by Gasteiger charge is -2.16. The van der Waals surface area contributed by atoms with Gasteiger partial charge in [-0.25, -0.2) is 5.43 Å². The normalized spacial score (nSPS) is 14.3. The Morgan fingerprint density at radius 3 is 2.58 bits per heavy atom. The monoisotopic (exact) mass is 405 g/mol. The minimum atomic E-state index is -0.333.